The maximum absolute atomic E-state index is 11.1. The van der Waals surface area contributed by atoms with Crippen molar-refractivity contribution < 1.29 is 24.2 Å². The van der Waals surface area contributed by atoms with Crippen LogP contribution in [-0.2, 0) is 16.1 Å². The number of methoxy groups -OCH3 is 2. The predicted molar refractivity (Wildman–Crippen MR) is 93.2 cm³/mol. The molecule has 0 fully saturated rings. The Morgan fingerprint density at radius 3 is 2.59 bits per heavy atom. The van der Waals surface area contributed by atoms with Crippen LogP contribution >= 0.6 is 0 Å². The zero-order valence-electron chi connectivity index (χ0n) is 14.8. The number of aryl methyl sites for hydroxylation is 1. The lowest BCUT2D eigenvalue weighted by Crippen LogP contribution is -2.23. The number of carboxylic acids is 1. The molecule has 9 nitrogen and oxygen atoms in total. The molecule has 0 atom stereocenters. The molecule has 0 bridgehead atoms. The number of nitriles is 1. The lowest BCUT2D eigenvalue weighted by molar-refractivity contribution is -0.298. The smallest absolute Gasteiger partial charge is 0.219 e. The number of amides is 1. The Morgan fingerprint density at radius 2 is 2.04 bits per heavy atom. The number of ether oxygens (including phenoxy) is 2. The largest absolute Gasteiger partial charge is 0.544 e. The van der Waals surface area contributed by atoms with Crippen LogP contribution < -0.4 is 20.3 Å². The van der Waals surface area contributed by atoms with Gasteiger partial charge in [0, 0.05) is 30.3 Å². The summed E-state index contributed by atoms with van der Waals surface area (Å²) in [5.41, 5.74) is 5.98. The highest BCUT2D eigenvalue weighted by atomic mass is 16.5. The van der Waals surface area contributed by atoms with Gasteiger partial charge < -0.3 is 25.1 Å². The van der Waals surface area contributed by atoms with Gasteiger partial charge in [0.1, 0.15) is 6.07 Å². The van der Waals surface area contributed by atoms with Gasteiger partial charge in [-0.25, -0.2) is 0 Å². The fraction of sp³-hybridized carbons (Fsp3) is 0.222. The van der Waals surface area contributed by atoms with E-state index in [-0.39, 0.29) is 13.0 Å². The van der Waals surface area contributed by atoms with Crippen molar-refractivity contribution in [3.05, 3.63) is 35.5 Å². The summed E-state index contributed by atoms with van der Waals surface area (Å²) in [6.45, 7) is 0.205. The van der Waals surface area contributed by atoms with Crippen molar-refractivity contribution in [1.82, 2.24) is 9.78 Å². The minimum Gasteiger partial charge on any atom is -0.544 e. The van der Waals surface area contributed by atoms with Gasteiger partial charge in [0.25, 0.3) is 0 Å². The van der Waals surface area contributed by atoms with Crippen LogP contribution in [0.25, 0.3) is 17.3 Å². The highest BCUT2D eigenvalue weighted by Gasteiger charge is 2.14. The summed E-state index contributed by atoms with van der Waals surface area (Å²) >= 11 is 0. The number of carbonyl (C=O) groups is 2. The molecule has 2 aromatic rings. The Balaban J connectivity index is 2.57. The van der Waals surface area contributed by atoms with Gasteiger partial charge in [-0.15, -0.1) is 0 Å². The summed E-state index contributed by atoms with van der Waals surface area (Å²) in [4.78, 5) is 22.1. The first-order valence-corrected chi connectivity index (χ1v) is 7.81. The first kappa shape index (κ1) is 19.5. The summed E-state index contributed by atoms with van der Waals surface area (Å²) in [6.07, 6.45) is 2.74. The number of primary amides is 1. The molecule has 0 radical (unpaired) electrons. The van der Waals surface area contributed by atoms with Gasteiger partial charge in [-0.3, -0.25) is 9.48 Å². The third kappa shape index (κ3) is 4.64. The summed E-state index contributed by atoms with van der Waals surface area (Å²) in [5, 5.41) is 24.4. The zero-order chi connectivity index (χ0) is 20.0. The molecular weight excluding hydrogens is 352 g/mol. The van der Waals surface area contributed by atoms with E-state index in [2.05, 4.69) is 5.10 Å². The second-order valence-corrected chi connectivity index (χ2v) is 5.44. The Bertz CT molecular complexity index is 940. The molecule has 27 heavy (non-hydrogen) atoms. The number of nitrogens with zero attached hydrogens (tertiary/aromatic N) is 3. The summed E-state index contributed by atoms with van der Waals surface area (Å²) < 4.78 is 11.9. The third-order valence-corrected chi connectivity index (χ3v) is 3.67. The summed E-state index contributed by atoms with van der Waals surface area (Å²) in [6, 6.07) is 6.63. The van der Waals surface area contributed by atoms with Crippen molar-refractivity contribution in [1.29, 1.82) is 5.26 Å². The summed E-state index contributed by atoms with van der Waals surface area (Å²) in [7, 11) is 2.99. The van der Waals surface area contributed by atoms with Crippen molar-refractivity contribution in [2.24, 2.45) is 5.73 Å². The number of rotatable bonds is 8. The Kier molecular flexibility index (Phi) is 6.17. The average molecular weight is 369 g/mol. The van der Waals surface area contributed by atoms with Crippen LogP contribution in [0, 0.1) is 11.3 Å². The van der Waals surface area contributed by atoms with Gasteiger partial charge in [-0.05, 0) is 24.3 Å². The number of carbonyl (C=O) groups excluding carboxylic acids is 2. The van der Waals surface area contributed by atoms with Gasteiger partial charge in [-0.1, -0.05) is 0 Å². The number of aliphatic carboxylic acids is 1. The topological polar surface area (TPSA) is 143 Å². The van der Waals surface area contributed by atoms with Crippen LogP contribution in [0.15, 0.2) is 30.0 Å². The molecule has 1 aromatic carbocycles. The highest BCUT2D eigenvalue weighted by molar-refractivity contribution is 5.96. The normalized spacial score (nSPS) is 10.9. The standard InChI is InChI=1S/C18H18N4O5/c1-26-14-4-3-11(8-15(14)27-2)17-13(7-12(9-19)18(24)25)10-22(21-17)6-5-16(20)23/h3-4,7-8,10H,5-6H2,1-2H3,(H2,20,23)(H,24,25)/p-1/b12-7+. The molecule has 0 saturated carbocycles. The average Bonchev–Trinajstić information content (AvgIpc) is 3.06. The van der Waals surface area contributed by atoms with Gasteiger partial charge >= 0.3 is 0 Å². The lowest BCUT2D eigenvalue weighted by Gasteiger charge is -2.09. The SMILES string of the molecule is COc1ccc(-c2nn(CCC(N)=O)cc2/C=C(\C#N)C(=O)[O-])cc1OC. The fourth-order valence-electron chi connectivity index (χ4n) is 2.38. The molecule has 0 saturated heterocycles. The van der Waals surface area contributed by atoms with E-state index in [1.165, 1.54) is 25.1 Å². The van der Waals surface area contributed by atoms with E-state index in [0.29, 0.717) is 28.3 Å². The van der Waals surface area contributed by atoms with Gasteiger partial charge in [-0.2, -0.15) is 10.4 Å². The Hall–Kier alpha value is -3.80. The number of benzene rings is 1. The van der Waals surface area contributed by atoms with Crippen LogP contribution in [0.4, 0.5) is 0 Å². The zero-order valence-corrected chi connectivity index (χ0v) is 14.8. The molecule has 1 amide bonds. The minimum atomic E-state index is -1.60. The van der Waals surface area contributed by atoms with E-state index in [4.69, 9.17) is 20.5 Å². The van der Waals surface area contributed by atoms with Crippen LogP contribution in [-0.4, -0.2) is 35.9 Å². The molecule has 0 aliphatic carbocycles. The number of carboxylic acid groups (broad SMARTS) is 1. The van der Waals surface area contributed by atoms with E-state index in [0.717, 1.165) is 6.08 Å². The third-order valence-electron chi connectivity index (χ3n) is 3.67. The molecular formula is C18H17N4O5-. The molecule has 0 aliphatic heterocycles. The van der Waals surface area contributed by atoms with Crippen LogP contribution in [0.5, 0.6) is 11.5 Å². The van der Waals surface area contributed by atoms with Crippen LogP contribution in [0.3, 0.4) is 0 Å². The van der Waals surface area contributed by atoms with Gasteiger partial charge in [0.05, 0.1) is 31.5 Å². The monoisotopic (exact) mass is 369 g/mol. The number of nitrogens with two attached hydrogens (primary N) is 1. The maximum Gasteiger partial charge on any atom is 0.219 e. The fourth-order valence-corrected chi connectivity index (χ4v) is 2.38. The maximum atomic E-state index is 11.1. The molecule has 0 unspecified atom stereocenters. The number of hydrogen-bond acceptors (Lipinski definition) is 7. The van der Waals surface area contributed by atoms with E-state index in [9.17, 15) is 14.7 Å². The Morgan fingerprint density at radius 1 is 1.33 bits per heavy atom. The van der Waals surface area contributed by atoms with E-state index >= 15 is 0 Å². The van der Waals surface area contributed by atoms with Gasteiger partial charge in [0.15, 0.2) is 11.5 Å². The molecule has 0 spiro atoms. The summed E-state index contributed by atoms with van der Waals surface area (Å²) in [5.74, 6) is -1.13. The molecule has 0 aliphatic rings. The van der Waals surface area contributed by atoms with Crippen molar-refractivity contribution in [2.45, 2.75) is 13.0 Å². The molecule has 2 rings (SSSR count). The molecule has 1 aromatic heterocycles. The quantitative estimate of drug-likeness (QED) is 0.513. The van der Waals surface area contributed by atoms with E-state index in [1.807, 2.05) is 0 Å². The molecule has 9 heteroatoms. The second-order valence-electron chi connectivity index (χ2n) is 5.44. The van der Waals surface area contributed by atoms with Crippen LogP contribution in [0.1, 0.15) is 12.0 Å². The highest BCUT2D eigenvalue weighted by Crippen LogP contribution is 2.33. The van der Waals surface area contributed by atoms with E-state index < -0.39 is 17.4 Å². The molecule has 140 valence electrons. The van der Waals surface area contributed by atoms with Crippen LogP contribution in [0.2, 0.25) is 0 Å². The minimum absolute atomic E-state index is 0.0573. The Labute approximate surface area is 155 Å². The molecule has 1 heterocycles. The van der Waals surface area contributed by atoms with Crippen molar-refractivity contribution >= 4 is 18.0 Å². The van der Waals surface area contributed by atoms with Crippen molar-refractivity contribution in [3.8, 4) is 28.8 Å². The number of hydrogen-bond donors (Lipinski definition) is 1. The molecule has 2 N–H and O–H groups in total. The lowest BCUT2D eigenvalue weighted by atomic mass is 10.1. The predicted octanol–water partition coefficient (Wildman–Crippen LogP) is 0.0996. The number of aromatic nitrogens is 2. The first-order chi connectivity index (χ1) is 12.9. The van der Waals surface area contributed by atoms with Crippen molar-refractivity contribution in [3.63, 3.8) is 0 Å². The van der Waals surface area contributed by atoms with E-state index in [1.54, 1.807) is 24.3 Å². The van der Waals surface area contributed by atoms with Gasteiger partial charge in [0.2, 0.25) is 5.91 Å². The second kappa shape index (κ2) is 8.53. The van der Waals surface area contributed by atoms with Crippen molar-refractivity contribution in [2.75, 3.05) is 14.2 Å². The first-order valence-electron chi connectivity index (χ1n) is 7.81.